The van der Waals surface area contributed by atoms with Gasteiger partial charge in [-0.15, -0.1) is 0 Å². The van der Waals surface area contributed by atoms with Gasteiger partial charge in [0.2, 0.25) is 0 Å². The molecule has 0 fully saturated rings. The molecule has 14 heavy (non-hydrogen) atoms. The molecule has 0 N–H and O–H groups in total. The highest BCUT2D eigenvalue weighted by Crippen LogP contribution is 2.02. The van der Waals surface area contributed by atoms with Crippen molar-refractivity contribution in [2.75, 3.05) is 6.61 Å². The summed E-state index contributed by atoms with van der Waals surface area (Å²) in [4.78, 5) is 10.2. The van der Waals surface area contributed by atoms with Crippen LogP contribution < -0.4 is 0 Å². The predicted octanol–water partition coefficient (Wildman–Crippen LogP) is 3.47. The summed E-state index contributed by atoms with van der Waals surface area (Å²) in [7, 11) is 0. The van der Waals surface area contributed by atoms with E-state index in [-0.39, 0.29) is 0 Å². The molecule has 1 rings (SSSR count). The summed E-state index contributed by atoms with van der Waals surface area (Å²) in [6, 6.07) is 9.91. The van der Waals surface area contributed by atoms with Crippen LogP contribution in [-0.4, -0.2) is 12.0 Å². The molecule has 0 unspecified atom stereocenters. The van der Waals surface area contributed by atoms with Crippen LogP contribution in [0, 0.1) is 0 Å². The Kier molecular flexibility index (Phi) is 4.79. The summed E-state index contributed by atoms with van der Waals surface area (Å²) in [6.07, 6.45) is 4.59. The van der Waals surface area contributed by atoms with Crippen molar-refractivity contribution in [1.29, 1.82) is 0 Å². The van der Waals surface area contributed by atoms with Crippen molar-refractivity contribution >= 4 is 23.1 Å². The molecule has 0 heterocycles. The van der Waals surface area contributed by atoms with Crippen LogP contribution in [-0.2, 0) is 4.74 Å². The molecule has 0 bridgehead atoms. The average molecular weight is 211 g/mol. The summed E-state index contributed by atoms with van der Waals surface area (Å²) in [5, 5.41) is 0. The van der Waals surface area contributed by atoms with Crippen molar-refractivity contribution < 1.29 is 9.53 Å². The van der Waals surface area contributed by atoms with Crippen molar-refractivity contribution in [3.05, 3.63) is 42.0 Å². The summed E-state index contributed by atoms with van der Waals surface area (Å²) >= 11 is 4.99. The van der Waals surface area contributed by atoms with Gasteiger partial charge in [-0.1, -0.05) is 42.5 Å². The molecule has 74 valence electrons. The number of benzene rings is 1. The van der Waals surface area contributed by atoms with Gasteiger partial charge in [0.1, 0.15) is 0 Å². The Morgan fingerprint density at radius 2 is 2.07 bits per heavy atom. The maximum atomic E-state index is 10.2. The van der Waals surface area contributed by atoms with E-state index in [9.17, 15) is 4.79 Å². The Balaban J connectivity index is 2.25. The van der Waals surface area contributed by atoms with Gasteiger partial charge in [0.25, 0.3) is 0 Å². The summed E-state index contributed by atoms with van der Waals surface area (Å²) in [5.41, 5.74) is 0.378. The Hall–Kier alpha value is -1.28. The Morgan fingerprint density at radius 1 is 1.36 bits per heavy atom. The molecule has 0 saturated carbocycles. The average Bonchev–Trinajstić information content (AvgIpc) is 2.18. The third-order valence-corrected chi connectivity index (χ3v) is 1.72. The maximum absolute atomic E-state index is 10.2. The van der Waals surface area contributed by atoms with E-state index in [1.54, 1.807) is 0 Å². The van der Waals surface area contributed by atoms with E-state index in [0.717, 1.165) is 5.56 Å². The van der Waals surface area contributed by atoms with Crippen LogP contribution in [0.15, 0.2) is 36.4 Å². The molecule has 0 radical (unpaired) electrons. The lowest BCUT2D eigenvalue weighted by Crippen LogP contribution is -1.94. The van der Waals surface area contributed by atoms with Crippen LogP contribution in [0.25, 0.3) is 6.08 Å². The third kappa shape index (κ3) is 4.67. The van der Waals surface area contributed by atoms with Gasteiger partial charge < -0.3 is 4.74 Å². The molecule has 1 aromatic carbocycles. The fraction of sp³-hybridized carbons (Fsp3) is 0.182. The van der Waals surface area contributed by atoms with E-state index in [4.69, 9.17) is 11.6 Å². The number of carbonyl (C=O) groups excluding carboxylic acids is 1. The van der Waals surface area contributed by atoms with Gasteiger partial charge in [0.05, 0.1) is 6.61 Å². The first-order chi connectivity index (χ1) is 6.79. The predicted molar refractivity (Wildman–Crippen MR) is 57.3 cm³/mol. The van der Waals surface area contributed by atoms with Gasteiger partial charge in [0, 0.05) is 11.6 Å². The summed E-state index contributed by atoms with van der Waals surface area (Å²) in [5.74, 6) is 0. The standard InChI is InChI=1S/C11H11ClO2/c12-11(13)14-9-5-4-8-10-6-2-1-3-7-10/h1-4,6-8H,5,9H2/b8-4+. The molecule has 0 atom stereocenters. The number of carbonyl (C=O) groups is 1. The number of rotatable bonds is 4. The van der Waals surface area contributed by atoms with Crippen molar-refractivity contribution in [2.45, 2.75) is 6.42 Å². The topological polar surface area (TPSA) is 26.3 Å². The first-order valence-corrected chi connectivity index (χ1v) is 4.70. The van der Waals surface area contributed by atoms with Crippen LogP contribution in [0.2, 0.25) is 0 Å². The van der Waals surface area contributed by atoms with Gasteiger partial charge in [-0.3, -0.25) is 0 Å². The van der Waals surface area contributed by atoms with Crippen molar-refractivity contribution in [2.24, 2.45) is 0 Å². The number of halogens is 1. The van der Waals surface area contributed by atoms with Crippen LogP contribution in [0.5, 0.6) is 0 Å². The lowest BCUT2D eigenvalue weighted by atomic mass is 10.2. The Labute approximate surface area is 88.1 Å². The summed E-state index contributed by atoms with van der Waals surface area (Å²) < 4.78 is 4.56. The fourth-order valence-corrected chi connectivity index (χ4v) is 1.07. The zero-order valence-corrected chi connectivity index (χ0v) is 8.41. The highest BCUT2D eigenvalue weighted by atomic mass is 35.5. The largest absolute Gasteiger partial charge is 0.453 e. The second-order valence-electron chi connectivity index (χ2n) is 2.69. The third-order valence-electron chi connectivity index (χ3n) is 1.61. The molecule has 1 aromatic rings. The fourth-order valence-electron chi connectivity index (χ4n) is 0.991. The highest BCUT2D eigenvalue weighted by molar-refractivity contribution is 6.61. The molecular formula is C11H11ClO2. The molecule has 2 nitrogen and oxygen atoms in total. The molecule has 0 aliphatic carbocycles. The quantitative estimate of drug-likeness (QED) is 0.562. The van der Waals surface area contributed by atoms with Gasteiger partial charge in [-0.2, -0.15) is 0 Å². The molecule has 0 spiro atoms. The van der Waals surface area contributed by atoms with Gasteiger partial charge in [0.15, 0.2) is 0 Å². The molecular weight excluding hydrogens is 200 g/mol. The van der Waals surface area contributed by atoms with E-state index in [1.807, 2.05) is 42.5 Å². The van der Waals surface area contributed by atoms with Crippen molar-refractivity contribution in [1.82, 2.24) is 0 Å². The minimum Gasteiger partial charge on any atom is -0.453 e. The van der Waals surface area contributed by atoms with Gasteiger partial charge in [-0.05, 0) is 12.0 Å². The Bertz CT molecular complexity index is 306. The first-order valence-electron chi connectivity index (χ1n) is 4.33. The second kappa shape index (κ2) is 6.22. The van der Waals surface area contributed by atoms with Crippen LogP contribution in [0.1, 0.15) is 12.0 Å². The van der Waals surface area contributed by atoms with Crippen LogP contribution in [0.4, 0.5) is 4.79 Å². The van der Waals surface area contributed by atoms with E-state index in [2.05, 4.69) is 4.74 Å². The number of hydrogen-bond acceptors (Lipinski definition) is 2. The zero-order valence-electron chi connectivity index (χ0n) is 7.65. The first kappa shape index (κ1) is 10.8. The smallest absolute Gasteiger partial charge is 0.403 e. The normalized spacial score (nSPS) is 10.4. The van der Waals surface area contributed by atoms with Crippen LogP contribution in [0.3, 0.4) is 0 Å². The monoisotopic (exact) mass is 210 g/mol. The van der Waals surface area contributed by atoms with Crippen LogP contribution >= 0.6 is 11.6 Å². The van der Waals surface area contributed by atoms with E-state index in [1.165, 1.54) is 0 Å². The lowest BCUT2D eigenvalue weighted by Gasteiger charge is -1.95. The molecule has 0 amide bonds. The zero-order chi connectivity index (χ0) is 10.2. The molecule has 0 aliphatic heterocycles. The van der Waals surface area contributed by atoms with E-state index >= 15 is 0 Å². The minimum atomic E-state index is -0.752. The maximum Gasteiger partial charge on any atom is 0.403 e. The molecule has 0 saturated heterocycles. The number of hydrogen-bond donors (Lipinski definition) is 0. The van der Waals surface area contributed by atoms with E-state index in [0.29, 0.717) is 13.0 Å². The van der Waals surface area contributed by atoms with Gasteiger partial charge in [-0.25, -0.2) is 4.79 Å². The Morgan fingerprint density at radius 3 is 2.71 bits per heavy atom. The van der Waals surface area contributed by atoms with E-state index < -0.39 is 5.43 Å². The lowest BCUT2D eigenvalue weighted by molar-refractivity contribution is 0.175. The minimum absolute atomic E-state index is 0.325. The number of ether oxygens (including phenoxy) is 1. The SMILES string of the molecule is O=C(Cl)OCC/C=C/c1ccccc1. The van der Waals surface area contributed by atoms with Gasteiger partial charge >= 0.3 is 5.43 Å². The van der Waals surface area contributed by atoms with Crippen molar-refractivity contribution in [3.63, 3.8) is 0 Å². The molecule has 3 heteroatoms. The highest BCUT2D eigenvalue weighted by Gasteiger charge is 1.91. The molecule has 0 aromatic heterocycles. The second-order valence-corrected chi connectivity index (χ2v) is 3.00. The molecule has 0 aliphatic rings. The summed E-state index contributed by atoms with van der Waals surface area (Å²) in [6.45, 7) is 0.325. The van der Waals surface area contributed by atoms with Crippen molar-refractivity contribution in [3.8, 4) is 0 Å².